The first kappa shape index (κ1) is 11.2. The van der Waals surface area contributed by atoms with Crippen molar-refractivity contribution in [3.05, 3.63) is 33.5 Å². The van der Waals surface area contributed by atoms with Gasteiger partial charge >= 0.3 is 0 Å². The zero-order valence-corrected chi connectivity index (χ0v) is 10.8. The third-order valence-corrected chi connectivity index (χ3v) is 4.08. The van der Waals surface area contributed by atoms with Gasteiger partial charge in [-0.15, -0.1) is 0 Å². The van der Waals surface area contributed by atoms with E-state index in [1.807, 2.05) is 11.0 Å². The van der Waals surface area contributed by atoms with Crippen LogP contribution in [0.25, 0.3) is 0 Å². The van der Waals surface area contributed by atoms with Crippen LogP contribution in [0, 0.1) is 5.82 Å². The van der Waals surface area contributed by atoms with Crippen molar-refractivity contribution in [1.82, 2.24) is 10.2 Å². The van der Waals surface area contributed by atoms with E-state index in [0.29, 0.717) is 17.6 Å². The van der Waals surface area contributed by atoms with E-state index in [4.69, 9.17) is 0 Å². The third-order valence-electron chi connectivity index (χ3n) is 3.47. The molecule has 3 nitrogen and oxygen atoms in total. The van der Waals surface area contributed by atoms with Gasteiger partial charge in [0.2, 0.25) is 5.91 Å². The SMILES string of the molecule is O=C1CNC[C@H]2c3cc(F)c(Br)cc3CCN12. The number of benzene rings is 1. The number of halogens is 2. The molecule has 1 amide bonds. The maximum atomic E-state index is 13.6. The Labute approximate surface area is 107 Å². The van der Waals surface area contributed by atoms with Crippen LogP contribution in [-0.4, -0.2) is 30.4 Å². The molecule has 1 saturated heterocycles. The minimum Gasteiger partial charge on any atom is -0.333 e. The molecule has 0 saturated carbocycles. The molecule has 1 fully saturated rings. The highest BCUT2D eigenvalue weighted by Gasteiger charge is 2.33. The molecule has 0 radical (unpaired) electrons. The number of nitrogens with zero attached hydrogens (tertiary/aromatic N) is 1. The number of carbonyl (C=O) groups is 1. The predicted molar refractivity (Wildman–Crippen MR) is 65.1 cm³/mol. The first-order chi connectivity index (χ1) is 8.16. The van der Waals surface area contributed by atoms with E-state index in [1.165, 1.54) is 0 Å². The minimum absolute atomic E-state index is 0.0115. The predicted octanol–water partition coefficient (Wildman–Crippen LogP) is 1.62. The maximum Gasteiger partial charge on any atom is 0.237 e. The Balaban J connectivity index is 2.06. The molecule has 0 aliphatic carbocycles. The largest absolute Gasteiger partial charge is 0.333 e. The Bertz CT molecular complexity index is 492. The first-order valence-corrected chi connectivity index (χ1v) is 6.44. The van der Waals surface area contributed by atoms with Crippen LogP contribution in [0.5, 0.6) is 0 Å². The fourth-order valence-electron chi connectivity index (χ4n) is 2.63. The maximum absolute atomic E-state index is 13.6. The second-order valence-corrected chi connectivity index (χ2v) is 5.30. The van der Waals surface area contributed by atoms with Gasteiger partial charge < -0.3 is 10.2 Å². The van der Waals surface area contributed by atoms with E-state index in [2.05, 4.69) is 21.2 Å². The number of nitrogens with one attached hydrogen (secondary N) is 1. The van der Waals surface area contributed by atoms with Crippen LogP contribution in [0.2, 0.25) is 0 Å². The van der Waals surface area contributed by atoms with Crippen LogP contribution in [0.15, 0.2) is 16.6 Å². The van der Waals surface area contributed by atoms with Crippen molar-refractivity contribution in [2.75, 3.05) is 19.6 Å². The van der Waals surface area contributed by atoms with E-state index < -0.39 is 0 Å². The van der Waals surface area contributed by atoms with Gasteiger partial charge in [0.25, 0.3) is 0 Å². The summed E-state index contributed by atoms with van der Waals surface area (Å²) >= 11 is 3.20. The molecular formula is C12H12BrFN2O. The van der Waals surface area contributed by atoms with Crippen molar-refractivity contribution < 1.29 is 9.18 Å². The molecule has 0 aromatic heterocycles. The molecular weight excluding hydrogens is 287 g/mol. The summed E-state index contributed by atoms with van der Waals surface area (Å²) in [6, 6.07) is 3.38. The second kappa shape index (κ2) is 4.07. The number of amides is 1. The normalized spacial score (nSPS) is 23.3. The summed E-state index contributed by atoms with van der Waals surface area (Å²) in [5.74, 6) is -0.154. The topological polar surface area (TPSA) is 32.3 Å². The summed E-state index contributed by atoms with van der Waals surface area (Å²) in [5, 5.41) is 3.08. The van der Waals surface area contributed by atoms with Crippen molar-refractivity contribution in [2.24, 2.45) is 0 Å². The number of hydrogen-bond donors (Lipinski definition) is 1. The molecule has 2 heterocycles. The lowest BCUT2D eigenvalue weighted by Crippen LogP contribution is -2.52. The lowest BCUT2D eigenvalue weighted by Gasteiger charge is -2.40. The fourth-order valence-corrected chi connectivity index (χ4v) is 3.02. The quantitative estimate of drug-likeness (QED) is 0.789. The molecule has 90 valence electrons. The molecule has 3 rings (SSSR count). The lowest BCUT2D eigenvalue weighted by molar-refractivity contribution is -0.135. The zero-order valence-electron chi connectivity index (χ0n) is 9.17. The van der Waals surface area contributed by atoms with Crippen molar-refractivity contribution in [3.8, 4) is 0 Å². The van der Waals surface area contributed by atoms with Gasteiger partial charge in [0.15, 0.2) is 0 Å². The van der Waals surface area contributed by atoms with E-state index >= 15 is 0 Å². The molecule has 0 unspecified atom stereocenters. The van der Waals surface area contributed by atoms with Crippen molar-refractivity contribution in [2.45, 2.75) is 12.5 Å². The van der Waals surface area contributed by atoms with Gasteiger partial charge in [0.05, 0.1) is 17.1 Å². The van der Waals surface area contributed by atoms with Crippen LogP contribution in [0.4, 0.5) is 4.39 Å². The summed E-state index contributed by atoms with van der Waals surface area (Å²) in [4.78, 5) is 13.6. The van der Waals surface area contributed by atoms with Gasteiger partial charge in [0.1, 0.15) is 5.82 Å². The first-order valence-electron chi connectivity index (χ1n) is 5.65. The average Bonchev–Trinajstić information content (AvgIpc) is 2.31. The van der Waals surface area contributed by atoms with Crippen molar-refractivity contribution >= 4 is 21.8 Å². The molecule has 2 aliphatic rings. The molecule has 1 atom stereocenters. The Morgan fingerprint density at radius 1 is 1.47 bits per heavy atom. The molecule has 2 aliphatic heterocycles. The molecule has 1 aromatic carbocycles. The average molecular weight is 299 g/mol. The lowest BCUT2D eigenvalue weighted by atomic mass is 9.91. The van der Waals surface area contributed by atoms with Gasteiger partial charge in [-0.2, -0.15) is 0 Å². The van der Waals surface area contributed by atoms with Crippen LogP contribution < -0.4 is 5.32 Å². The van der Waals surface area contributed by atoms with Gasteiger partial charge in [-0.25, -0.2) is 4.39 Å². The van der Waals surface area contributed by atoms with Crippen LogP contribution in [0.1, 0.15) is 17.2 Å². The van der Waals surface area contributed by atoms with Crippen molar-refractivity contribution in [3.63, 3.8) is 0 Å². The van der Waals surface area contributed by atoms with Crippen molar-refractivity contribution in [1.29, 1.82) is 0 Å². The number of carbonyl (C=O) groups excluding carboxylic acids is 1. The van der Waals surface area contributed by atoms with Gasteiger partial charge in [-0.1, -0.05) is 0 Å². The Kier molecular flexibility index (Phi) is 2.67. The summed E-state index contributed by atoms with van der Waals surface area (Å²) in [5.41, 5.74) is 2.08. The van der Waals surface area contributed by atoms with Crippen LogP contribution >= 0.6 is 15.9 Å². The van der Waals surface area contributed by atoms with Gasteiger partial charge in [-0.05, 0) is 45.6 Å². The standard InChI is InChI=1S/C12H12BrFN2O/c13-9-3-7-1-2-16-11(5-15-6-12(16)17)8(7)4-10(9)14/h3-4,11,15H,1-2,5-6H2/t11-/m0/s1. The summed E-state index contributed by atoms with van der Waals surface area (Å²) in [6.45, 7) is 1.83. The van der Waals surface area contributed by atoms with Gasteiger partial charge in [0, 0.05) is 13.1 Å². The van der Waals surface area contributed by atoms with Crippen LogP contribution in [0.3, 0.4) is 0 Å². The number of rotatable bonds is 0. The Morgan fingerprint density at radius 3 is 3.12 bits per heavy atom. The Morgan fingerprint density at radius 2 is 2.29 bits per heavy atom. The highest BCUT2D eigenvalue weighted by molar-refractivity contribution is 9.10. The van der Waals surface area contributed by atoms with E-state index in [1.54, 1.807) is 6.07 Å². The molecule has 0 spiro atoms. The molecule has 17 heavy (non-hydrogen) atoms. The summed E-state index contributed by atoms with van der Waals surface area (Å²) < 4.78 is 14.1. The third kappa shape index (κ3) is 1.77. The van der Waals surface area contributed by atoms with E-state index in [-0.39, 0.29) is 17.8 Å². The van der Waals surface area contributed by atoms with E-state index in [0.717, 1.165) is 24.1 Å². The minimum atomic E-state index is -0.261. The molecule has 5 heteroatoms. The number of fused-ring (bicyclic) bond motifs is 3. The highest BCUT2D eigenvalue weighted by atomic mass is 79.9. The molecule has 1 N–H and O–H groups in total. The number of piperazine rings is 1. The highest BCUT2D eigenvalue weighted by Crippen LogP contribution is 2.33. The fraction of sp³-hybridized carbons (Fsp3) is 0.417. The molecule has 1 aromatic rings. The summed E-state index contributed by atoms with van der Waals surface area (Å²) in [6.07, 6.45) is 0.802. The van der Waals surface area contributed by atoms with E-state index in [9.17, 15) is 9.18 Å². The zero-order chi connectivity index (χ0) is 12.0. The summed E-state index contributed by atoms with van der Waals surface area (Å²) in [7, 11) is 0. The smallest absolute Gasteiger partial charge is 0.237 e. The second-order valence-electron chi connectivity index (χ2n) is 4.45. The molecule has 0 bridgehead atoms. The Hall–Kier alpha value is -0.940. The van der Waals surface area contributed by atoms with Gasteiger partial charge in [-0.3, -0.25) is 4.79 Å². The number of hydrogen-bond acceptors (Lipinski definition) is 2. The van der Waals surface area contributed by atoms with Crippen LogP contribution in [-0.2, 0) is 11.2 Å². The monoisotopic (exact) mass is 298 g/mol.